The van der Waals surface area contributed by atoms with Gasteiger partial charge in [0.1, 0.15) is 0 Å². The van der Waals surface area contributed by atoms with Crippen molar-refractivity contribution in [3.05, 3.63) is 35.4 Å². The summed E-state index contributed by atoms with van der Waals surface area (Å²) in [6.07, 6.45) is 2.31. The van der Waals surface area contributed by atoms with Crippen molar-refractivity contribution in [3.63, 3.8) is 0 Å². The molecule has 1 aromatic rings. The Morgan fingerprint density at radius 1 is 1.50 bits per heavy atom. The smallest absolute Gasteiger partial charge is 0.253 e. The van der Waals surface area contributed by atoms with E-state index in [2.05, 4.69) is 5.32 Å². The molecule has 1 fully saturated rings. The van der Waals surface area contributed by atoms with Crippen molar-refractivity contribution >= 4 is 5.91 Å². The third-order valence-electron chi connectivity index (χ3n) is 3.26. The van der Waals surface area contributed by atoms with E-state index < -0.39 is 0 Å². The van der Waals surface area contributed by atoms with Crippen molar-refractivity contribution in [2.45, 2.75) is 18.9 Å². The van der Waals surface area contributed by atoms with Gasteiger partial charge in [-0.15, -0.1) is 0 Å². The first-order valence-electron chi connectivity index (χ1n) is 6.19. The van der Waals surface area contributed by atoms with E-state index in [0.29, 0.717) is 17.2 Å². The Hall–Kier alpha value is -1.86. The molecule has 1 aromatic carbocycles. The molecule has 0 bridgehead atoms. The molecule has 4 nitrogen and oxygen atoms in total. The summed E-state index contributed by atoms with van der Waals surface area (Å²) in [4.78, 5) is 13.9. The fourth-order valence-corrected chi connectivity index (χ4v) is 2.23. The summed E-state index contributed by atoms with van der Waals surface area (Å²) in [5, 5.41) is 12.1. The predicted octanol–water partition coefficient (Wildman–Crippen LogP) is 1.38. The SMILES string of the molecule is CN(CC1CCCN1)C(=O)c1ccc(C#N)cc1. The first-order valence-corrected chi connectivity index (χ1v) is 6.19. The lowest BCUT2D eigenvalue weighted by atomic mass is 10.1. The standard InChI is InChI=1S/C14H17N3O/c1-17(10-13-3-2-8-16-13)14(18)12-6-4-11(9-15)5-7-12/h4-7,13,16H,2-3,8,10H2,1H3. The van der Waals surface area contributed by atoms with Crippen LogP contribution in [-0.2, 0) is 0 Å². The second-order valence-electron chi connectivity index (χ2n) is 4.67. The van der Waals surface area contributed by atoms with Crippen molar-refractivity contribution in [1.82, 2.24) is 10.2 Å². The van der Waals surface area contributed by atoms with Crippen LogP contribution in [0.5, 0.6) is 0 Å². The van der Waals surface area contributed by atoms with Crippen LogP contribution >= 0.6 is 0 Å². The average molecular weight is 243 g/mol. The highest BCUT2D eigenvalue weighted by atomic mass is 16.2. The molecular weight excluding hydrogens is 226 g/mol. The van der Waals surface area contributed by atoms with Crippen LogP contribution in [0.4, 0.5) is 0 Å². The molecule has 1 N–H and O–H groups in total. The van der Waals surface area contributed by atoms with Crippen LogP contribution in [0.3, 0.4) is 0 Å². The third-order valence-corrected chi connectivity index (χ3v) is 3.26. The zero-order chi connectivity index (χ0) is 13.0. The topological polar surface area (TPSA) is 56.1 Å². The second kappa shape index (κ2) is 5.65. The molecular formula is C14H17N3O. The molecule has 1 unspecified atom stereocenters. The average Bonchev–Trinajstić information content (AvgIpc) is 2.91. The molecule has 18 heavy (non-hydrogen) atoms. The summed E-state index contributed by atoms with van der Waals surface area (Å²) in [5.41, 5.74) is 1.21. The van der Waals surface area contributed by atoms with Crippen molar-refractivity contribution in [3.8, 4) is 6.07 Å². The summed E-state index contributed by atoms with van der Waals surface area (Å²) >= 11 is 0. The Kier molecular flexibility index (Phi) is 3.96. The van der Waals surface area contributed by atoms with Gasteiger partial charge in [0.15, 0.2) is 0 Å². The van der Waals surface area contributed by atoms with Gasteiger partial charge in [-0.25, -0.2) is 0 Å². The van der Waals surface area contributed by atoms with Gasteiger partial charge in [0.2, 0.25) is 0 Å². The molecule has 1 amide bonds. The summed E-state index contributed by atoms with van der Waals surface area (Å²) in [7, 11) is 1.82. The minimum Gasteiger partial charge on any atom is -0.340 e. The van der Waals surface area contributed by atoms with Crippen LogP contribution in [0.25, 0.3) is 0 Å². The number of nitrogens with zero attached hydrogens (tertiary/aromatic N) is 2. The van der Waals surface area contributed by atoms with Gasteiger partial charge >= 0.3 is 0 Å². The van der Waals surface area contributed by atoms with Crippen LogP contribution in [0, 0.1) is 11.3 Å². The Balaban J connectivity index is 1.98. The molecule has 1 aliphatic rings. The van der Waals surface area contributed by atoms with Gasteiger partial charge < -0.3 is 10.2 Å². The van der Waals surface area contributed by atoms with Gasteiger partial charge in [0.05, 0.1) is 11.6 Å². The maximum absolute atomic E-state index is 12.1. The first kappa shape index (κ1) is 12.6. The van der Waals surface area contributed by atoms with Crippen molar-refractivity contribution < 1.29 is 4.79 Å². The predicted molar refractivity (Wildman–Crippen MR) is 69.1 cm³/mol. The number of rotatable bonds is 3. The first-order chi connectivity index (χ1) is 8.70. The fourth-order valence-electron chi connectivity index (χ4n) is 2.23. The van der Waals surface area contributed by atoms with E-state index in [1.165, 1.54) is 6.42 Å². The van der Waals surface area contributed by atoms with Crippen LogP contribution in [0.2, 0.25) is 0 Å². The van der Waals surface area contributed by atoms with Gasteiger partial charge in [-0.2, -0.15) is 5.26 Å². The minimum atomic E-state index is 0.00758. The van der Waals surface area contributed by atoms with Crippen LogP contribution in [-0.4, -0.2) is 37.0 Å². The maximum Gasteiger partial charge on any atom is 0.253 e. The second-order valence-corrected chi connectivity index (χ2v) is 4.67. The summed E-state index contributed by atoms with van der Waals surface area (Å²) in [5.74, 6) is 0.00758. The Labute approximate surface area is 107 Å². The number of nitriles is 1. The zero-order valence-corrected chi connectivity index (χ0v) is 10.5. The number of likely N-dealkylation sites (N-methyl/N-ethyl adjacent to an activating group) is 1. The van der Waals surface area contributed by atoms with Gasteiger partial charge in [-0.1, -0.05) is 0 Å². The van der Waals surface area contributed by atoms with Gasteiger partial charge in [0.25, 0.3) is 5.91 Å². The lowest BCUT2D eigenvalue weighted by Crippen LogP contribution is -2.38. The van der Waals surface area contributed by atoms with Crippen molar-refractivity contribution in [1.29, 1.82) is 5.26 Å². The lowest BCUT2D eigenvalue weighted by Gasteiger charge is -2.21. The molecule has 0 aliphatic carbocycles. The molecule has 1 aliphatic heterocycles. The minimum absolute atomic E-state index is 0.00758. The fraction of sp³-hybridized carbons (Fsp3) is 0.429. The lowest BCUT2D eigenvalue weighted by molar-refractivity contribution is 0.0784. The number of hydrogen-bond donors (Lipinski definition) is 1. The highest BCUT2D eigenvalue weighted by Crippen LogP contribution is 2.10. The summed E-state index contributed by atoms with van der Waals surface area (Å²) in [6, 6.07) is 9.23. The number of benzene rings is 1. The van der Waals surface area contributed by atoms with E-state index in [1.807, 2.05) is 13.1 Å². The number of hydrogen-bond acceptors (Lipinski definition) is 3. The molecule has 1 atom stereocenters. The van der Waals surface area contributed by atoms with E-state index in [9.17, 15) is 4.79 Å². The molecule has 0 spiro atoms. The molecule has 0 radical (unpaired) electrons. The molecule has 94 valence electrons. The monoisotopic (exact) mass is 243 g/mol. The van der Waals surface area contributed by atoms with Crippen molar-refractivity contribution in [2.24, 2.45) is 0 Å². The Bertz CT molecular complexity index is 455. The normalized spacial score (nSPS) is 18.3. The molecule has 1 heterocycles. The van der Waals surface area contributed by atoms with Crippen LogP contribution in [0.15, 0.2) is 24.3 Å². The Morgan fingerprint density at radius 3 is 2.78 bits per heavy atom. The molecule has 0 aromatic heterocycles. The van der Waals surface area contributed by atoms with E-state index in [1.54, 1.807) is 29.2 Å². The third kappa shape index (κ3) is 2.88. The highest BCUT2D eigenvalue weighted by molar-refractivity contribution is 5.94. The van der Waals surface area contributed by atoms with Gasteiger partial charge in [0, 0.05) is 25.2 Å². The summed E-state index contributed by atoms with van der Waals surface area (Å²) in [6.45, 7) is 1.78. The quantitative estimate of drug-likeness (QED) is 0.872. The van der Waals surface area contributed by atoms with Gasteiger partial charge in [-0.05, 0) is 43.7 Å². The number of carbonyl (C=O) groups is 1. The number of amides is 1. The van der Waals surface area contributed by atoms with E-state index in [4.69, 9.17) is 5.26 Å². The largest absolute Gasteiger partial charge is 0.340 e. The summed E-state index contributed by atoms with van der Waals surface area (Å²) < 4.78 is 0. The van der Waals surface area contributed by atoms with Gasteiger partial charge in [-0.3, -0.25) is 4.79 Å². The van der Waals surface area contributed by atoms with Crippen LogP contribution in [0.1, 0.15) is 28.8 Å². The number of carbonyl (C=O) groups excluding carboxylic acids is 1. The van der Waals surface area contributed by atoms with E-state index in [-0.39, 0.29) is 5.91 Å². The highest BCUT2D eigenvalue weighted by Gasteiger charge is 2.19. The van der Waals surface area contributed by atoms with E-state index in [0.717, 1.165) is 19.5 Å². The molecule has 4 heteroatoms. The molecule has 2 rings (SSSR count). The van der Waals surface area contributed by atoms with Crippen LogP contribution < -0.4 is 5.32 Å². The Morgan fingerprint density at radius 2 is 2.22 bits per heavy atom. The zero-order valence-electron chi connectivity index (χ0n) is 10.5. The van der Waals surface area contributed by atoms with E-state index >= 15 is 0 Å². The van der Waals surface area contributed by atoms with Crippen molar-refractivity contribution in [2.75, 3.05) is 20.1 Å². The number of nitrogens with one attached hydrogen (secondary N) is 1. The maximum atomic E-state index is 12.1. The molecule has 1 saturated heterocycles. The molecule has 0 saturated carbocycles.